The van der Waals surface area contributed by atoms with E-state index in [4.69, 9.17) is 0 Å². The Kier molecular flexibility index (Phi) is 7.90. The lowest BCUT2D eigenvalue weighted by atomic mass is 9.78. The van der Waals surface area contributed by atoms with E-state index in [-0.39, 0.29) is 5.41 Å². The van der Waals surface area contributed by atoms with Crippen LogP contribution in [0.25, 0.3) is 55.8 Å². The molecule has 8 aromatic rings. The average molecular weight is 666 g/mol. The topological polar surface area (TPSA) is 3.24 Å². The second-order valence-electron chi connectivity index (χ2n) is 14.3. The van der Waals surface area contributed by atoms with Gasteiger partial charge in [-0.25, -0.2) is 0 Å². The van der Waals surface area contributed by atoms with Crippen LogP contribution in [-0.4, -0.2) is 0 Å². The first kappa shape index (κ1) is 31.5. The van der Waals surface area contributed by atoms with Crippen LogP contribution in [0, 0.1) is 0 Å². The lowest BCUT2D eigenvalue weighted by molar-refractivity contribution is 0.704. The van der Waals surface area contributed by atoms with E-state index >= 15 is 0 Å². The van der Waals surface area contributed by atoms with E-state index in [0.29, 0.717) is 0 Å². The Morgan fingerprint density at radius 3 is 1.35 bits per heavy atom. The highest BCUT2D eigenvalue weighted by atomic mass is 15.1. The fourth-order valence-electron chi connectivity index (χ4n) is 7.82. The van der Waals surface area contributed by atoms with Crippen LogP contribution in [0.4, 0.5) is 17.1 Å². The van der Waals surface area contributed by atoms with Gasteiger partial charge in [-0.3, -0.25) is 0 Å². The van der Waals surface area contributed by atoms with Gasteiger partial charge >= 0.3 is 0 Å². The Labute approximate surface area is 306 Å². The lowest BCUT2D eigenvalue weighted by Gasteiger charge is -2.28. The Balaban J connectivity index is 1.04. The molecule has 0 N–H and O–H groups in total. The molecule has 0 amide bonds. The molecule has 1 aliphatic rings. The van der Waals surface area contributed by atoms with Gasteiger partial charge in [-0.1, -0.05) is 166 Å². The minimum Gasteiger partial charge on any atom is -0.311 e. The standard InChI is InChI=1S/C51H39N/c1-51(2)49-15-9-8-14-45(49)35-50(51)42-26-32-48(33-27-42)52(46-28-22-39(23-29-46)36-10-4-3-5-11-36)47-30-24-40(25-31-47)38-16-18-41(19-17-38)44-21-20-37-12-6-7-13-43(37)34-44/h3-35H,1-2H3. The molecule has 1 aliphatic carbocycles. The zero-order chi connectivity index (χ0) is 35.1. The van der Waals surface area contributed by atoms with E-state index in [0.717, 1.165) is 17.1 Å². The third-order valence-corrected chi connectivity index (χ3v) is 10.7. The van der Waals surface area contributed by atoms with Gasteiger partial charge in [0.05, 0.1) is 0 Å². The van der Waals surface area contributed by atoms with Gasteiger partial charge in [-0.2, -0.15) is 0 Å². The van der Waals surface area contributed by atoms with Crippen LogP contribution in [-0.2, 0) is 5.41 Å². The van der Waals surface area contributed by atoms with Gasteiger partial charge in [0.15, 0.2) is 0 Å². The molecular formula is C51H39N. The molecule has 1 nitrogen and oxygen atoms in total. The SMILES string of the molecule is CC1(C)C(c2ccc(N(c3ccc(-c4ccccc4)cc3)c3ccc(-c4ccc(-c5ccc6ccccc6c5)cc4)cc3)cc2)=Cc2ccccc21. The Morgan fingerprint density at radius 2 is 0.769 bits per heavy atom. The maximum atomic E-state index is 2.36. The predicted octanol–water partition coefficient (Wildman–Crippen LogP) is 14.1. The highest BCUT2D eigenvalue weighted by Crippen LogP contribution is 2.47. The molecule has 0 saturated heterocycles. The predicted molar refractivity (Wildman–Crippen MR) is 222 cm³/mol. The summed E-state index contributed by atoms with van der Waals surface area (Å²) < 4.78 is 0. The van der Waals surface area contributed by atoms with Crippen molar-refractivity contribution in [3.63, 3.8) is 0 Å². The summed E-state index contributed by atoms with van der Waals surface area (Å²) in [7, 11) is 0. The minimum absolute atomic E-state index is 0.0470. The molecule has 0 atom stereocenters. The molecule has 1 heteroatoms. The maximum Gasteiger partial charge on any atom is 0.0462 e. The van der Waals surface area contributed by atoms with Crippen molar-refractivity contribution in [1.82, 2.24) is 0 Å². The number of hydrogen-bond donors (Lipinski definition) is 0. The summed E-state index contributed by atoms with van der Waals surface area (Å²) in [6, 6.07) is 70.4. The van der Waals surface area contributed by atoms with Crippen molar-refractivity contribution in [3.05, 3.63) is 211 Å². The molecule has 0 unspecified atom stereocenters. The van der Waals surface area contributed by atoms with Crippen molar-refractivity contribution in [2.24, 2.45) is 0 Å². The smallest absolute Gasteiger partial charge is 0.0462 e. The largest absolute Gasteiger partial charge is 0.311 e. The van der Waals surface area contributed by atoms with Gasteiger partial charge in [-0.05, 0) is 115 Å². The van der Waals surface area contributed by atoms with E-state index in [1.165, 1.54) is 66.4 Å². The molecule has 0 bridgehead atoms. The normalized spacial score (nSPS) is 13.1. The molecule has 0 aromatic heterocycles. The summed E-state index contributed by atoms with van der Waals surface area (Å²) in [5.74, 6) is 0. The molecule has 0 aliphatic heterocycles. The molecular weight excluding hydrogens is 627 g/mol. The summed E-state index contributed by atoms with van der Waals surface area (Å²) in [4.78, 5) is 2.36. The lowest BCUT2D eigenvalue weighted by Crippen LogP contribution is -2.16. The quantitative estimate of drug-likeness (QED) is 0.164. The summed E-state index contributed by atoms with van der Waals surface area (Å²) in [5, 5.41) is 2.53. The number of nitrogens with zero attached hydrogens (tertiary/aromatic N) is 1. The zero-order valence-corrected chi connectivity index (χ0v) is 29.5. The van der Waals surface area contributed by atoms with E-state index in [9.17, 15) is 0 Å². The minimum atomic E-state index is -0.0470. The second-order valence-corrected chi connectivity index (χ2v) is 14.3. The van der Waals surface area contributed by atoms with Crippen LogP contribution >= 0.6 is 0 Å². The van der Waals surface area contributed by atoms with Gasteiger partial charge in [-0.15, -0.1) is 0 Å². The van der Waals surface area contributed by atoms with Crippen molar-refractivity contribution < 1.29 is 0 Å². The van der Waals surface area contributed by atoms with Crippen LogP contribution in [0.15, 0.2) is 194 Å². The first-order valence-corrected chi connectivity index (χ1v) is 18.1. The Bertz CT molecular complexity index is 2540. The van der Waals surface area contributed by atoms with Gasteiger partial charge < -0.3 is 4.90 Å². The highest BCUT2D eigenvalue weighted by molar-refractivity contribution is 5.94. The molecule has 0 spiro atoms. The van der Waals surface area contributed by atoms with Crippen molar-refractivity contribution in [3.8, 4) is 33.4 Å². The van der Waals surface area contributed by atoms with Crippen LogP contribution in [0.3, 0.4) is 0 Å². The summed E-state index contributed by atoms with van der Waals surface area (Å²) in [6.07, 6.45) is 2.36. The molecule has 0 heterocycles. The maximum absolute atomic E-state index is 2.36. The number of rotatable bonds is 7. The Hall–Kier alpha value is -6.44. The highest BCUT2D eigenvalue weighted by Gasteiger charge is 2.33. The summed E-state index contributed by atoms with van der Waals surface area (Å²) >= 11 is 0. The van der Waals surface area contributed by atoms with E-state index in [2.05, 4.69) is 219 Å². The summed E-state index contributed by atoms with van der Waals surface area (Å²) in [6.45, 7) is 4.66. The van der Waals surface area contributed by atoms with Gasteiger partial charge in [0, 0.05) is 22.5 Å². The molecule has 52 heavy (non-hydrogen) atoms. The van der Waals surface area contributed by atoms with Crippen molar-refractivity contribution >= 4 is 39.5 Å². The van der Waals surface area contributed by atoms with Crippen molar-refractivity contribution in [2.45, 2.75) is 19.3 Å². The van der Waals surface area contributed by atoms with E-state index < -0.39 is 0 Å². The fourth-order valence-corrected chi connectivity index (χ4v) is 7.82. The number of anilines is 3. The number of benzene rings is 8. The van der Waals surface area contributed by atoms with Crippen molar-refractivity contribution in [2.75, 3.05) is 4.90 Å². The van der Waals surface area contributed by atoms with Crippen LogP contribution in [0.1, 0.15) is 30.5 Å². The molecule has 0 fully saturated rings. The van der Waals surface area contributed by atoms with Gasteiger partial charge in [0.25, 0.3) is 0 Å². The fraction of sp³-hybridized carbons (Fsp3) is 0.0588. The molecule has 248 valence electrons. The van der Waals surface area contributed by atoms with Crippen LogP contribution < -0.4 is 4.90 Å². The number of hydrogen-bond acceptors (Lipinski definition) is 1. The van der Waals surface area contributed by atoms with Crippen LogP contribution in [0.2, 0.25) is 0 Å². The Morgan fingerprint density at radius 1 is 0.346 bits per heavy atom. The van der Waals surface area contributed by atoms with Gasteiger partial charge in [0.1, 0.15) is 0 Å². The van der Waals surface area contributed by atoms with Crippen LogP contribution in [0.5, 0.6) is 0 Å². The molecule has 0 radical (unpaired) electrons. The van der Waals surface area contributed by atoms with E-state index in [1.54, 1.807) is 0 Å². The first-order chi connectivity index (χ1) is 25.5. The van der Waals surface area contributed by atoms with Crippen molar-refractivity contribution in [1.29, 1.82) is 0 Å². The molecule has 9 rings (SSSR count). The molecule has 0 saturated carbocycles. The average Bonchev–Trinajstić information content (AvgIpc) is 3.49. The third-order valence-electron chi connectivity index (χ3n) is 10.7. The zero-order valence-electron chi connectivity index (χ0n) is 29.5. The number of fused-ring (bicyclic) bond motifs is 2. The third kappa shape index (κ3) is 5.81. The first-order valence-electron chi connectivity index (χ1n) is 18.1. The van der Waals surface area contributed by atoms with Gasteiger partial charge in [0.2, 0.25) is 0 Å². The second kappa shape index (κ2) is 13.0. The molecule has 8 aromatic carbocycles. The summed E-state index contributed by atoms with van der Waals surface area (Å²) in [5.41, 5.74) is 15.9. The number of allylic oxidation sites excluding steroid dienone is 1. The monoisotopic (exact) mass is 665 g/mol. The van der Waals surface area contributed by atoms with E-state index in [1.807, 2.05) is 0 Å².